The van der Waals surface area contributed by atoms with E-state index in [9.17, 15) is 12.8 Å². The lowest BCUT2D eigenvalue weighted by Gasteiger charge is -2.36. The van der Waals surface area contributed by atoms with E-state index in [1.165, 1.54) is 12.1 Å². The SMILES string of the molecule is C[C@@H](c1ccc(F)cc1)N1CCC[C@@H](CS(N)(=O)=O)C1. The largest absolute Gasteiger partial charge is 0.296 e. The van der Waals surface area contributed by atoms with Gasteiger partial charge in [-0.15, -0.1) is 0 Å². The first-order valence-electron chi connectivity index (χ1n) is 6.85. The number of hydrogen-bond acceptors (Lipinski definition) is 3. The van der Waals surface area contributed by atoms with Crippen LogP contribution in [0.5, 0.6) is 0 Å². The Balaban J connectivity index is 2.03. The first-order chi connectivity index (χ1) is 9.35. The second-order valence-corrected chi connectivity index (χ2v) is 7.22. The van der Waals surface area contributed by atoms with Crippen LogP contribution in [0.4, 0.5) is 4.39 Å². The van der Waals surface area contributed by atoms with E-state index in [0.717, 1.165) is 31.5 Å². The molecule has 0 unspecified atom stereocenters. The third-order valence-corrected chi connectivity index (χ3v) is 4.85. The molecular formula is C14H21FN2O2S. The molecule has 0 aromatic heterocycles. The van der Waals surface area contributed by atoms with Gasteiger partial charge in [-0.25, -0.2) is 17.9 Å². The average Bonchev–Trinajstić information content (AvgIpc) is 2.37. The normalized spacial score (nSPS) is 22.6. The van der Waals surface area contributed by atoms with E-state index in [4.69, 9.17) is 5.14 Å². The van der Waals surface area contributed by atoms with Gasteiger partial charge in [-0.3, -0.25) is 4.90 Å². The van der Waals surface area contributed by atoms with Gasteiger partial charge in [0.2, 0.25) is 10.0 Å². The molecule has 0 spiro atoms. The Bertz CT molecular complexity index is 545. The maximum absolute atomic E-state index is 12.9. The number of likely N-dealkylation sites (tertiary alicyclic amines) is 1. The van der Waals surface area contributed by atoms with Crippen molar-refractivity contribution in [3.05, 3.63) is 35.6 Å². The van der Waals surface area contributed by atoms with Crippen LogP contribution in [0.3, 0.4) is 0 Å². The minimum absolute atomic E-state index is 0.0413. The lowest BCUT2D eigenvalue weighted by atomic mass is 9.96. The number of piperidine rings is 1. The van der Waals surface area contributed by atoms with Gasteiger partial charge in [-0.1, -0.05) is 12.1 Å². The van der Waals surface area contributed by atoms with Crippen LogP contribution >= 0.6 is 0 Å². The van der Waals surface area contributed by atoms with Crippen molar-refractivity contribution in [3.8, 4) is 0 Å². The minimum Gasteiger partial charge on any atom is -0.296 e. The zero-order chi connectivity index (χ0) is 14.8. The van der Waals surface area contributed by atoms with Gasteiger partial charge in [-0.2, -0.15) is 0 Å². The molecule has 2 N–H and O–H groups in total. The number of sulfonamides is 1. The summed E-state index contributed by atoms with van der Waals surface area (Å²) >= 11 is 0. The molecule has 6 heteroatoms. The topological polar surface area (TPSA) is 63.4 Å². The van der Waals surface area contributed by atoms with Crippen LogP contribution in [0, 0.1) is 11.7 Å². The summed E-state index contributed by atoms with van der Waals surface area (Å²) in [5, 5.41) is 5.13. The van der Waals surface area contributed by atoms with Crippen LogP contribution < -0.4 is 5.14 Å². The highest BCUT2D eigenvalue weighted by atomic mass is 32.2. The lowest BCUT2D eigenvalue weighted by molar-refractivity contribution is 0.140. The van der Waals surface area contributed by atoms with Crippen LogP contribution in [0.2, 0.25) is 0 Å². The number of primary sulfonamides is 1. The van der Waals surface area contributed by atoms with Crippen LogP contribution in [-0.4, -0.2) is 32.2 Å². The Hall–Kier alpha value is -0.980. The van der Waals surface area contributed by atoms with Gasteiger partial charge < -0.3 is 0 Å². The molecule has 0 radical (unpaired) electrons. The summed E-state index contributed by atoms with van der Waals surface area (Å²) in [4.78, 5) is 2.24. The minimum atomic E-state index is -3.42. The van der Waals surface area contributed by atoms with E-state index in [-0.39, 0.29) is 23.5 Å². The Morgan fingerprint density at radius 1 is 1.40 bits per heavy atom. The van der Waals surface area contributed by atoms with E-state index in [1.54, 1.807) is 12.1 Å². The summed E-state index contributed by atoms with van der Waals surface area (Å²) in [5.74, 6) is -0.118. The van der Waals surface area contributed by atoms with Crippen LogP contribution in [0.1, 0.15) is 31.4 Å². The molecular weight excluding hydrogens is 279 g/mol. The molecule has 4 nitrogen and oxygen atoms in total. The molecule has 1 aromatic carbocycles. The first kappa shape index (κ1) is 15.4. The van der Waals surface area contributed by atoms with Gasteiger partial charge in [-0.05, 0) is 49.9 Å². The second kappa shape index (κ2) is 6.20. The fraction of sp³-hybridized carbons (Fsp3) is 0.571. The van der Waals surface area contributed by atoms with E-state index in [0.29, 0.717) is 0 Å². The van der Waals surface area contributed by atoms with Crippen molar-refractivity contribution in [3.63, 3.8) is 0 Å². The van der Waals surface area contributed by atoms with E-state index in [1.807, 2.05) is 0 Å². The number of benzene rings is 1. The van der Waals surface area contributed by atoms with Crippen molar-refractivity contribution in [2.24, 2.45) is 11.1 Å². The highest BCUT2D eigenvalue weighted by Gasteiger charge is 2.26. The number of rotatable bonds is 4. The van der Waals surface area contributed by atoms with Gasteiger partial charge in [0.05, 0.1) is 5.75 Å². The monoisotopic (exact) mass is 300 g/mol. The molecule has 1 fully saturated rings. The Labute approximate surface area is 119 Å². The highest BCUT2D eigenvalue weighted by Crippen LogP contribution is 2.27. The van der Waals surface area contributed by atoms with E-state index >= 15 is 0 Å². The van der Waals surface area contributed by atoms with E-state index in [2.05, 4.69) is 11.8 Å². The fourth-order valence-corrected chi connectivity index (χ4v) is 3.79. The quantitative estimate of drug-likeness (QED) is 0.923. The van der Waals surface area contributed by atoms with Gasteiger partial charge in [0, 0.05) is 12.6 Å². The molecule has 0 bridgehead atoms. The highest BCUT2D eigenvalue weighted by molar-refractivity contribution is 7.89. The second-order valence-electron chi connectivity index (χ2n) is 5.56. The summed E-state index contributed by atoms with van der Waals surface area (Å²) in [6.45, 7) is 3.71. The molecule has 1 aromatic rings. The molecule has 2 atom stereocenters. The third kappa shape index (κ3) is 4.26. The van der Waals surface area contributed by atoms with Crippen LogP contribution in [0.15, 0.2) is 24.3 Å². The molecule has 20 heavy (non-hydrogen) atoms. The van der Waals surface area contributed by atoms with Gasteiger partial charge in [0.25, 0.3) is 0 Å². The molecule has 1 heterocycles. The van der Waals surface area contributed by atoms with Crippen LogP contribution in [0.25, 0.3) is 0 Å². The number of nitrogens with two attached hydrogens (primary N) is 1. The van der Waals surface area contributed by atoms with Crippen molar-refractivity contribution in [2.75, 3.05) is 18.8 Å². The molecule has 1 aliphatic heterocycles. The molecule has 0 aliphatic carbocycles. The molecule has 1 saturated heterocycles. The summed E-state index contributed by atoms with van der Waals surface area (Å²) in [6.07, 6.45) is 1.86. The molecule has 2 rings (SSSR count). The maximum atomic E-state index is 12.9. The Morgan fingerprint density at radius 3 is 2.65 bits per heavy atom. The smallest absolute Gasteiger partial charge is 0.209 e. The summed E-state index contributed by atoms with van der Waals surface area (Å²) < 4.78 is 35.3. The maximum Gasteiger partial charge on any atom is 0.209 e. The summed E-state index contributed by atoms with van der Waals surface area (Å²) in [7, 11) is -3.42. The van der Waals surface area contributed by atoms with Crippen molar-refractivity contribution >= 4 is 10.0 Å². The predicted octanol–water partition coefficient (Wildman–Crippen LogP) is 1.89. The Morgan fingerprint density at radius 2 is 2.05 bits per heavy atom. The number of halogens is 1. The zero-order valence-electron chi connectivity index (χ0n) is 11.6. The standard InChI is InChI=1S/C14H21FN2O2S/c1-11(13-4-6-14(15)7-5-13)17-8-2-3-12(9-17)10-20(16,18)19/h4-7,11-12H,2-3,8-10H2,1H3,(H2,16,18,19)/t11-,12+/m0/s1. The number of nitrogens with zero attached hydrogens (tertiary/aromatic N) is 1. The number of hydrogen-bond donors (Lipinski definition) is 1. The van der Waals surface area contributed by atoms with Gasteiger partial charge in [0.1, 0.15) is 5.82 Å². The van der Waals surface area contributed by atoms with E-state index < -0.39 is 10.0 Å². The molecule has 112 valence electrons. The van der Waals surface area contributed by atoms with Gasteiger partial charge >= 0.3 is 0 Å². The fourth-order valence-electron chi connectivity index (χ4n) is 2.87. The lowest BCUT2D eigenvalue weighted by Crippen LogP contribution is -2.40. The molecule has 1 aliphatic rings. The van der Waals surface area contributed by atoms with Crippen molar-refractivity contribution < 1.29 is 12.8 Å². The molecule has 0 amide bonds. The third-order valence-electron chi connectivity index (χ3n) is 3.92. The van der Waals surface area contributed by atoms with Crippen molar-refractivity contribution in [1.29, 1.82) is 0 Å². The molecule has 0 saturated carbocycles. The average molecular weight is 300 g/mol. The van der Waals surface area contributed by atoms with Crippen molar-refractivity contribution in [2.45, 2.75) is 25.8 Å². The first-order valence-corrected chi connectivity index (χ1v) is 8.56. The summed E-state index contributed by atoms with van der Waals surface area (Å²) in [6, 6.07) is 6.63. The zero-order valence-corrected chi connectivity index (χ0v) is 12.4. The van der Waals surface area contributed by atoms with Gasteiger partial charge in [0.15, 0.2) is 0 Å². The van der Waals surface area contributed by atoms with Crippen LogP contribution in [-0.2, 0) is 10.0 Å². The predicted molar refractivity (Wildman–Crippen MR) is 77.1 cm³/mol. The Kier molecular flexibility index (Phi) is 4.78. The van der Waals surface area contributed by atoms with Crippen molar-refractivity contribution in [1.82, 2.24) is 4.90 Å². The summed E-state index contributed by atoms with van der Waals surface area (Å²) in [5.41, 5.74) is 1.04.